The highest BCUT2D eigenvalue weighted by molar-refractivity contribution is 5.60. The molecule has 7 heteroatoms. The van der Waals surface area contributed by atoms with Crippen molar-refractivity contribution in [1.82, 2.24) is 9.13 Å². The largest absolute Gasteiger partial charge is 0.384 e. The van der Waals surface area contributed by atoms with Crippen LogP contribution in [0.2, 0.25) is 0 Å². The zero-order valence-electron chi connectivity index (χ0n) is 13.5. The van der Waals surface area contributed by atoms with Gasteiger partial charge in [0.15, 0.2) is 0 Å². The minimum Gasteiger partial charge on any atom is -0.384 e. The van der Waals surface area contributed by atoms with Crippen LogP contribution in [0.4, 0.5) is 11.5 Å². The van der Waals surface area contributed by atoms with Crippen LogP contribution in [-0.2, 0) is 18.3 Å². The minimum absolute atomic E-state index is 0.196. The Morgan fingerprint density at radius 1 is 1.29 bits per heavy atom. The number of methoxy groups -OCH3 is 1. The lowest BCUT2D eigenvalue weighted by molar-refractivity contribution is 0.164. The first-order valence-corrected chi connectivity index (χ1v) is 7.11. The van der Waals surface area contributed by atoms with Crippen LogP contribution in [0.15, 0.2) is 9.59 Å². The molecule has 1 aromatic rings. The second kappa shape index (κ2) is 7.31. The first kappa shape index (κ1) is 17.3. The third-order valence-corrected chi connectivity index (χ3v) is 3.21. The fraction of sp³-hybridized carbons (Fsp3) is 0.714. The van der Waals surface area contributed by atoms with E-state index < -0.39 is 5.56 Å². The number of aromatic nitrogens is 2. The number of ether oxygens (including phenoxy) is 1. The molecule has 0 saturated heterocycles. The lowest BCUT2D eigenvalue weighted by Crippen LogP contribution is -2.41. The molecule has 1 atom stereocenters. The zero-order valence-corrected chi connectivity index (χ0v) is 13.5. The molecule has 0 saturated carbocycles. The molecule has 0 aliphatic heterocycles. The molecule has 7 nitrogen and oxygen atoms in total. The fourth-order valence-corrected chi connectivity index (χ4v) is 2.11. The Bertz CT molecular complexity index is 589. The number of nitrogens with one attached hydrogen (secondary N) is 1. The van der Waals surface area contributed by atoms with E-state index in [0.29, 0.717) is 19.7 Å². The minimum atomic E-state index is -0.401. The molecule has 0 aliphatic rings. The lowest BCUT2D eigenvalue weighted by Gasteiger charge is -2.18. The molecule has 3 N–H and O–H groups in total. The Morgan fingerprint density at radius 3 is 2.43 bits per heavy atom. The van der Waals surface area contributed by atoms with Crippen molar-refractivity contribution < 1.29 is 4.74 Å². The van der Waals surface area contributed by atoms with Crippen molar-refractivity contribution in [2.45, 2.75) is 27.3 Å². The van der Waals surface area contributed by atoms with Crippen LogP contribution >= 0.6 is 0 Å². The predicted octanol–water partition coefficient (Wildman–Crippen LogP) is 0.480. The van der Waals surface area contributed by atoms with E-state index in [1.165, 1.54) is 11.6 Å². The Hall–Kier alpha value is -1.76. The summed E-state index contributed by atoms with van der Waals surface area (Å²) >= 11 is 0. The predicted molar refractivity (Wildman–Crippen MR) is 84.7 cm³/mol. The van der Waals surface area contributed by atoms with Gasteiger partial charge in [-0.15, -0.1) is 0 Å². The molecule has 0 spiro atoms. The molecule has 0 radical (unpaired) electrons. The van der Waals surface area contributed by atoms with E-state index in [1.807, 2.05) is 20.8 Å². The lowest BCUT2D eigenvalue weighted by atomic mass is 10.2. The van der Waals surface area contributed by atoms with Gasteiger partial charge in [0.1, 0.15) is 11.5 Å². The first-order valence-electron chi connectivity index (χ1n) is 7.11. The number of rotatable bonds is 7. The van der Waals surface area contributed by atoms with Crippen LogP contribution in [0.1, 0.15) is 20.8 Å². The van der Waals surface area contributed by atoms with Crippen molar-refractivity contribution in [3.63, 3.8) is 0 Å². The molecule has 1 rings (SSSR count). The van der Waals surface area contributed by atoms with E-state index in [4.69, 9.17) is 10.5 Å². The number of hydrogen-bond acceptors (Lipinski definition) is 5. The summed E-state index contributed by atoms with van der Waals surface area (Å²) in [6.45, 7) is 7.59. The Balaban J connectivity index is 3.17. The SMILES string of the molecule is COCC(C)CNc1c(N)n(CC(C)C)c(=O)n(C)c1=O. The molecule has 0 fully saturated rings. The van der Waals surface area contributed by atoms with Crippen LogP contribution in [-0.4, -0.2) is 29.4 Å². The molecule has 120 valence electrons. The van der Waals surface area contributed by atoms with Gasteiger partial charge in [0.2, 0.25) is 0 Å². The molecule has 0 bridgehead atoms. The summed E-state index contributed by atoms with van der Waals surface area (Å²) in [4.78, 5) is 24.3. The van der Waals surface area contributed by atoms with E-state index in [-0.39, 0.29) is 29.0 Å². The maximum atomic E-state index is 12.2. The molecule has 1 unspecified atom stereocenters. The fourth-order valence-electron chi connectivity index (χ4n) is 2.11. The number of nitrogen functional groups attached to an aromatic ring is 1. The van der Waals surface area contributed by atoms with Crippen LogP contribution < -0.4 is 22.3 Å². The average molecular weight is 298 g/mol. The Labute approximate surface area is 124 Å². The maximum absolute atomic E-state index is 12.2. The van der Waals surface area contributed by atoms with E-state index in [1.54, 1.807) is 7.11 Å². The highest BCUT2D eigenvalue weighted by Crippen LogP contribution is 2.13. The summed E-state index contributed by atoms with van der Waals surface area (Å²) in [6.07, 6.45) is 0. The van der Waals surface area contributed by atoms with Gasteiger partial charge < -0.3 is 15.8 Å². The van der Waals surface area contributed by atoms with Crippen molar-refractivity contribution >= 4 is 11.5 Å². The molecule has 0 aromatic carbocycles. The summed E-state index contributed by atoms with van der Waals surface area (Å²) in [5.41, 5.74) is 5.51. The Kier molecular flexibility index (Phi) is 6.02. The van der Waals surface area contributed by atoms with Gasteiger partial charge >= 0.3 is 5.69 Å². The summed E-state index contributed by atoms with van der Waals surface area (Å²) in [5, 5.41) is 3.05. The van der Waals surface area contributed by atoms with Gasteiger partial charge in [-0.25, -0.2) is 4.79 Å². The summed E-state index contributed by atoms with van der Waals surface area (Å²) in [5.74, 6) is 0.675. The number of hydrogen-bond donors (Lipinski definition) is 2. The highest BCUT2D eigenvalue weighted by Gasteiger charge is 2.16. The van der Waals surface area contributed by atoms with Crippen LogP contribution in [0.25, 0.3) is 0 Å². The number of anilines is 2. The van der Waals surface area contributed by atoms with Crippen molar-refractivity contribution in [3.05, 3.63) is 20.8 Å². The van der Waals surface area contributed by atoms with E-state index in [9.17, 15) is 9.59 Å². The van der Waals surface area contributed by atoms with Crippen LogP contribution in [0.3, 0.4) is 0 Å². The third kappa shape index (κ3) is 4.10. The van der Waals surface area contributed by atoms with Crippen molar-refractivity contribution in [1.29, 1.82) is 0 Å². The van der Waals surface area contributed by atoms with Crippen molar-refractivity contribution in [2.24, 2.45) is 18.9 Å². The van der Waals surface area contributed by atoms with Crippen LogP contribution in [0, 0.1) is 11.8 Å². The molecule has 1 heterocycles. The van der Waals surface area contributed by atoms with Crippen molar-refractivity contribution in [3.8, 4) is 0 Å². The standard InChI is InChI=1S/C14H26N4O3/c1-9(2)7-18-12(15)11(13(19)17(4)14(18)20)16-6-10(3)8-21-5/h9-10,16H,6-8,15H2,1-5H3. The monoisotopic (exact) mass is 298 g/mol. The Morgan fingerprint density at radius 2 is 1.90 bits per heavy atom. The van der Waals surface area contributed by atoms with Gasteiger partial charge in [-0.2, -0.15) is 0 Å². The smallest absolute Gasteiger partial charge is 0.332 e. The zero-order chi connectivity index (χ0) is 16.2. The van der Waals surface area contributed by atoms with Gasteiger partial charge in [0.25, 0.3) is 5.56 Å². The molecular weight excluding hydrogens is 272 g/mol. The van der Waals surface area contributed by atoms with Crippen LogP contribution in [0.5, 0.6) is 0 Å². The van der Waals surface area contributed by atoms with Gasteiger partial charge in [0, 0.05) is 27.2 Å². The summed E-state index contributed by atoms with van der Waals surface area (Å²) in [7, 11) is 3.09. The molecular formula is C14H26N4O3. The first-order chi connectivity index (χ1) is 9.79. The molecule has 0 amide bonds. The second-order valence-electron chi connectivity index (χ2n) is 5.85. The molecule has 1 aromatic heterocycles. The number of nitrogens with zero attached hydrogens (tertiary/aromatic N) is 2. The van der Waals surface area contributed by atoms with Gasteiger partial charge in [-0.3, -0.25) is 13.9 Å². The maximum Gasteiger partial charge on any atom is 0.332 e. The normalized spacial score (nSPS) is 12.7. The quantitative estimate of drug-likeness (QED) is 0.764. The topological polar surface area (TPSA) is 91.3 Å². The van der Waals surface area contributed by atoms with Gasteiger partial charge in [0.05, 0.1) is 6.61 Å². The highest BCUT2D eigenvalue weighted by atomic mass is 16.5. The summed E-state index contributed by atoms with van der Waals surface area (Å²) in [6, 6.07) is 0. The summed E-state index contributed by atoms with van der Waals surface area (Å²) < 4.78 is 7.59. The van der Waals surface area contributed by atoms with Crippen molar-refractivity contribution in [2.75, 3.05) is 31.3 Å². The third-order valence-electron chi connectivity index (χ3n) is 3.21. The second-order valence-corrected chi connectivity index (χ2v) is 5.85. The average Bonchev–Trinajstić information content (AvgIpc) is 2.41. The molecule has 21 heavy (non-hydrogen) atoms. The van der Waals surface area contributed by atoms with Gasteiger partial charge in [-0.1, -0.05) is 20.8 Å². The van der Waals surface area contributed by atoms with Gasteiger partial charge in [-0.05, 0) is 11.8 Å². The molecule has 0 aliphatic carbocycles. The van der Waals surface area contributed by atoms with E-state index in [0.717, 1.165) is 4.57 Å². The van der Waals surface area contributed by atoms with E-state index in [2.05, 4.69) is 5.32 Å². The number of nitrogens with two attached hydrogens (primary N) is 1. The van der Waals surface area contributed by atoms with E-state index >= 15 is 0 Å².